The molecule has 1 N–H and O–H groups in total. The maximum absolute atomic E-state index is 12.3. The van der Waals surface area contributed by atoms with Gasteiger partial charge in [0.1, 0.15) is 29.1 Å². The van der Waals surface area contributed by atoms with Crippen LogP contribution in [-0.2, 0) is 77.0 Å². The number of phenols is 1. The number of hydrogen-bond donors (Lipinski definition) is 1. The van der Waals surface area contributed by atoms with E-state index in [-0.39, 0.29) is 18.3 Å². The van der Waals surface area contributed by atoms with Crippen molar-refractivity contribution in [3.63, 3.8) is 0 Å². The minimum Gasteiger partial charge on any atom is -0.508 e. The molecule has 3 atom stereocenters. The number of hydrogen-bond acceptors (Lipinski definition) is 4. The van der Waals surface area contributed by atoms with Gasteiger partial charge in [-0.15, -0.1) is 0 Å². The minimum atomic E-state index is -0.159. The maximum atomic E-state index is 12.3. The van der Waals surface area contributed by atoms with Gasteiger partial charge in [0.2, 0.25) is 0 Å². The van der Waals surface area contributed by atoms with Crippen LogP contribution < -0.4 is 14.2 Å². The van der Waals surface area contributed by atoms with Crippen LogP contribution in [0.1, 0.15) is 323 Å². The summed E-state index contributed by atoms with van der Waals surface area (Å²) in [5.41, 5.74) is 17.1. The lowest BCUT2D eigenvalue weighted by Gasteiger charge is -2.27. The van der Waals surface area contributed by atoms with Gasteiger partial charge in [-0.1, -0.05) is 202 Å². The Morgan fingerprint density at radius 3 is 0.793 bits per heavy atom. The molecule has 0 fully saturated rings. The number of ether oxygens (including phenoxy) is 3. The van der Waals surface area contributed by atoms with E-state index in [2.05, 4.69) is 126 Å². The lowest BCUT2D eigenvalue weighted by atomic mass is 9.88. The molecular weight excluding hydrogens is 1000 g/mol. The quantitative estimate of drug-likeness (QED) is 0.0448. The summed E-state index contributed by atoms with van der Waals surface area (Å²) < 4.78 is 21.9. The van der Waals surface area contributed by atoms with E-state index in [0.29, 0.717) is 18.6 Å². The maximum Gasteiger partial charge on any atom is 0.123 e. The molecule has 4 aromatic carbocycles. The van der Waals surface area contributed by atoms with Crippen LogP contribution in [0, 0.1) is 0 Å². The Balaban J connectivity index is 1.85. The predicted molar refractivity (Wildman–Crippen MR) is 358 cm³/mol. The molecule has 0 radical (unpaired) electrons. The van der Waals surface area contributed by atoms with E-state index in [0.717, 1.165) is 87.0 Å². The van der Waals surface area contributed by atoms with Gasteiger partial charge in [-0.25, -0.2) is 0 Å². The highest BCUT2D eigenvalue weighted by atomic mass is 16.5. The van der Waals surface area contributed by atoms with Gasteiger partial charge in [0.25, 0.3) is 0 Å². The summed E-state index contributed by atoms with van der Waals surface area (Å²) in [6, 6.07) is 18.4. The van der Waals surface area contributed by atoms with Gasteiger partial charge in [0.05, 0.1) is 12.2 Å². The average molecular weight is 1130 g/mol. The zero-order valence-electron chi connectivity index (χ0n) is 55.6. The number of aromatic hydroxyl groups is 1. The largest absolute Gasteiger partial charge is 0.508 e. The molecule has 0 spiro atoms. The Kier molecular flexibility index (Phi) is 36.1. The van der Waals surface area contributed by atoms with Crippen molar-refractivity contribution in [1.82, 2.24) is 0 Å². The lowest BCUT2D eigenvalue weighted by Crippen LogP contribution is -2.24. The Bertz CT molecular complexity index is 2320. The highest BCUT2D eigenvalue weighted by Gasteiger charge is 2.25. The number of phenolic OH excluding ortho intramolecular Hbond substituents is 1. The molecule has 0 bridgehead atoms. The summed E-state index contributed by atoms with van der Waals surface area (Å²) in [5, 5.41) is 12.3. The lowest BCUT2D eigenvalue weighted by molar-refractivity contribution is 0.208. The van der Waals surface area contributed by atoms with Gasteiger partial charge in [0, 0.05) is 24.8 Å². The van der Waals surface area contributed by atoms with Crippen LogP contribution in [0.15, 0.2) is 48.5 Å². The molecule has 0 saturated heterocycles. The zero-order valence-corrected chi connectivity index (χ0v) is 55.6. The molecule has 4 aromatic rings. The molecule has 0 amide bonds. The highest BCUT2D eigenvalue weighted by molar-refractivity contribution is 5.50. The second kappa shape index (κ2) is 42.0. The first-order chi connectivity index (χ1) is 40.0. The monoisotopic (exact) mass is 1130 g/mol. The summed E-state index contributed by atoms with van der Waals surface area (Å²) in [6.45, 7) is 27.6. The SMILES string of the molecule is CCCCCc1ccc(OC(C)Cc2ccc(O)c(CC(C)Oc3ccc(CCCCC)c(CCCCC)c3CCCCC)c2CC(C)Oc2ccc(CCCCC)c(CCCCC)c2CCCCC)c(CCCCC)c1CCCCC. The van der Waals surface area contributed by atoms with Crippen molar-refractivity contribution in [2.45, 2.75) is 352 Å². The summed E-state index contributed by atoms with van der Waals surface area (Å²) >= 11 is 0. The van der Waals surface area contributed by atoms with Crippen LogP contribution in [-0.4, -0.2) is 23.4 Å². The molecule has 0 heterocycles. The van der Waals surface area contributed by atoms with Crippen molar-refractivity contribution in [2.24, 2.45) is 0 Å². The molecule has 4 nitrogen and oxygen atoms in total. The molecule has 0 aromatic heterocycles. The first kappa shape index (κ1) is 70.6. The molecule has 3 unspecified atom stereocenters. The van der Waals surface area contributed by atoms with Gasteiger partial charge in [0.15, 0.2) is 0 Å². The van der Waals surface area contributed by atoms with Gasteiger partial charge < -0.3 is 19.3 Å². The molecule has 0 saturated carbocycles. The van der Waals surface area contributed by atoms with Gasteiger partial charge in [-0.2, -0.15) is 0 Å². The van der Waals surface area contributed by atoms with Gasteiger partial charge in [-0.05, 0) is 222 Å². The van der Waals surface area contributed by atoms with Crippen molar-refractivity contribution in [1.29, 1.82) is 0 Å². The third-order valence-electron chi connectivity index (χ3n) is 17.8. The Morgan fingerprint density at radius 1 is 0.256 bits per heavy atom. The third-order valence-corrected chi connectivity index (χ3v) is 17.8. The van der Waals surface area contributed by atoms with E-state index in [4.69, 9.17) is 14.2 Å². The Hall–Kier alpha value is -3.92. The van der Waals surface area contributed by atoms with E-state index >= 15 is 0 Å². The van der Waals surface area contributed by atoms with Crippen molar-refractivity contribution in [2.75, 3.05) is 0 Å². The topological polar surface area (TPSA) is 47.9 Å². The number of benzene rings is 4. The van der Waals surface area contributed by atoms with Crippen LogP contribution in [0.25, 0.3) is 0 Å². The fourth-order valence-corrected chi connectivity index (χ4v) is 13.0. The molecule has 0 aliphatic carbocycles. The third kappa shape index (κ3) is 24.2. The van der Waals surface area contributed by atoms with E-state index in [1.807, 2.05) is 6.07 Å². The van der Waals surface area contributed by atoms with Gasteiger partial charge >= 0.3 is 0 Å². The normalized spacial score (nSPS) is 12.7. The van der Waals surface area contributed by atoms with Crippen LogP contribution in [0.2, 0.25) is 0 Å². The van der Waals surface area contributed by atoms with E-state index < -0.39 is 0 Å². The zero-order chi connectivity index (χ0) is 59.3. The minimum absolute atomic E-state index is 0.0795. The predicted octanol–water partition coefficient (Wildman–Crippen LogP) is 23.0. The highest BCUT2D eigenvalue weighted by Crippen LogP contribution is 2.38. The smallest absolute Gasteiger partial charge is 0.123 e. The number of aryl methyl sites for hydroxylation is 3. The molecular formula is C78H126O4. The molecule has 4 heteroatoms. The summed E-state index contributed by atoms with van der Waals surface area (Å²) in [4.78, 5) is 0. The van der Waals surface area contributed by atoms with Crippen molar-refractivity contribution < 1.29 is 19.3 Å². The molecule has 0 aliphatic rings. The first-order valence-corrected chi connectivity index (χ1v) is 35.2. The van der Waals surface area contributed by atoms with Crippen LogP contribution in [0.5, 0.6) is 23.0 Å². The van der Waals surface area contributed by atoms with Crippen molar-refractivity contribution in [3.05, 3.63) is 115 Å². The summed E-state index contributed by atoms with van der Waals surface area (Å²) in [7, 11) is 0. The molecule has 82 heavy (non-hydrogen) atoms. The molecule has 462 valence electrons. The summed E-state index contributed by atoms with van der Waals surface area (Å²) in [5.74, 6) is 3.55. The number of rotatable bonds is 48. The second-order valence-electron chi connectivity index (χ2n) is 25.3. The van der Waals surface area contributed by atoms with E-state index in [1.165, 1.54) is 212 Å². The average Bonchev–Trinajstić information content (AvgIpc) is 3.65. The van der Waals surface area contributed by atoms with Gasteiger partial charge in [-0.3, -0.25) is 0 Å². The standard InChI is InChI=1S/C78H126O4/c1-13-22-31-40-63-50-54-76(70(46-37-28-19-7)67(63)43-34-25-16-4)80-60(10)57-66-49-53-75(79)74(59-62(12)82-78-56-52-65(42-33-24-15-3)69(45-36-27-18-6)72(78)48-39-30-21-9)73(66)58-61(11)81-77-55-51-64(41-32-23-14-2)68(44-35-26-17-5)71(77)47-38-29-20-8/h49-56,60-62,79H,13-48,57-59H2,1-12H3. The van der Waals surface area contributed by atoms with Crippen molar-refractivity contribution in [3.8, 4) is 23.0 Å². The Morgan fingerprint density at radius 2 is 0.500 bits per heavy atom. The molecule has 4 rings (SSSR count). The molecule has 0 aliphatic heterocycles. The van der Waals surface area contributed by atoms with E-state index in [1.54, 1.807) is 22.3 Å². The van der Waals surface area contributed by atoms with Crippen LogP contribution >= 0.6 is 0 Å². The fraction of sp³-hybridized carbons (Fsp3) is 0.692. The van der Waals surface area contributed by atoms with Crippen LogP contribution in [0.4, 0.5) is 0 Å². The van der Waals surface area contributed by atoms with Crippen molar-refractivity contribution >= 4 is 0 Å². The number of unbranched alkanes of at least 4 members (excludes halogenated alkanes) is 18. The Labute approximate surface area is 506 Å². The van der Waals surface area contributed by atoms with E-state index in [9.17, 15) is 5.11 Å². The second-order valence-corrected chi connectivity index (χ2v) is 25.3. The summed E-state index contributed by atoms with van der Waals surface area (Å²) in [6.07, 6.45) is 44.9. The van der Waals surface area contributed by atoms with Crippen LogP contribution in [0.3, 0.4) is 0 Å². The fourth-order valence-electron chi connectivity index (χ4n) is 13.0. The first-order valence-electron chi connectivity index (χ1n) is 35.2.